The van der Waals surface area contributed by atoms with Crippen molar-refractivity contribution < 1.29 is 13.2 Å². The molecule has 0 spiro atoms. The fourth-order valence-corrected chi connectivity index (χ4v) is 4.81. The third-order valence-electron chi connectivity index (χ3n) is 4.01. The first-order chi connectivity index (χ1) is 10.1. The van der Waals surface area contributed by atoms with Gasteiger partial charge in [-0.1, -0.05) is 0 Å². The van der Waals surface area contributed by atoms with Crippen molar-refractivity contribution >= 4 is 15.9 Å². The van der Waals surface area contributed by atoms with Crippen molar-refractivity contribution in [3.8, 4) is 6.07 Å². The lowest BCUT2D eigenvalue weighted by atomic mass is 9.93. The van der Waals surface area contributed by atoms with Crippen LogP contribution < -0.4 is 5.32 Å². The predicted molar refractivity (Wildman–Crippen MR) is 72.4 cm³/mol. The van der Waals surface area contributed by atoms with Crippen LogP contribution in [0.1, 0.15) is 18.5 Å². The summed E-state index contributed by atoms with van der Waals surface area (Å²) in [4.78, 5) is 15.5. The molecule has 2 atom stereocenters. The molecule has 7 nitrogen and oxygen atoms in total. The van der Waals surface area contributed by atoms with Crippen LogP contribution in [0.15, 0.2) is 23.2 Å². The average molecular weight is 306 g/mol. The second-order valence-corrected chi connectivity index (χ2v) is 7.00. The standard InChI is InChI=1S/C13H14N4O3S/c14-7-10-12(4-1-5-15-10)21(19,20)17-6-2-3-9-11(17)8-16-13(9)18/h1,4-5,9,11H,2-3,6,8H2,(H,16,18). The number of sulfonamides is 1. The largest absolute Gasteiger partial charge is 0.354 e. The van der Waals surface area contributed by atoms with Crippen molar-refractivity contribution in [3.63, 3.8) is 0 Å². The molecule has 2 aliphatic rings. The van der Waals surface area contributed by atoms with Crippen LogP contribution in [0.2, 0.25) is 0 Å². The van der Waals surface area contributed by atoms with Crippen LogP contribution in [0.25, 0.3) is 0 Å². The van der Waals surface area contributed by atoms with Gasteiger partial charge in [0.25, 0.3) is 0 Å². The summed E-state index contributed by atoms with van der Waals surface area (Å²) in [7, 11) is -3.83. The molecule has 110 valence electrons. The first-order valence-corrected chi connectivity index (χ1v) is 8.14. The molecule has 2 saturated heterocycles. The zero-order valence-electron chi connectivity index (χ0n) is 11.2. The summed E-state index contributed by atoms with van der Waals surface area (Å²) >= 11 is 0. The Balaban J connectivity index is 2.02. The van der Waals surface area contributed by atoms with E-state index in [1.807, 2.05) is 6.07 Å². The van der Waals surface area contributed by atoms with Gasteiger partial charge >= 0.3 is 0 Å². The van der Waals surface area contributed by atoms with Gasteiger partial charge in [0, 0.05) is 19.3 Å². The van der Waals surface area contributed by atoms with E-state index in [0.717, 1.165) is 0 Å². The fourth-order valence-electron chi connectivity index (χ4n) is 3.02. The van der Waals surface area contributed by atoms with E-state index >= 15 is 0 Å². The van der Waals surface area contributed by atoms with Crippen molar-refractivity contribution in [3.05, 3.63) is 24.0 Å². The summed E-state index contributed by atoms with van der Waals surface area (Å²) in [5, 5.41) is 11.8. The van der Waals surface area contributed by atoms with E-state index in [2.05, 4.69) is 10.3 Å². The maximum absolute atomic E-state index is 12.8. The third kappa shape index (κ3) is 2.18. The first-order valence-electron chi connectivity index (χ1n) is 6.70. The second kappa shape index (κ2) is 5.09. The van der Waals surface area contributed by atoms with Crippen molar-refractivity contribution in [1.82, 2.24) is 14.6 Å². The number of carbonyl (C=O) groups is 1. The molecule has 2 fully saturated rings. The summed E-state index contributed by atoms with van der Waals surface area (Å²) in [6.07, 6.45) is 2.72. The Kier molecular flexibility index (Phi) is 3.39. The molecule has 0 bridgehead atoms. The topological polar surface area (TPSA) is 103 Å². The van der Waals surface area contributed by atoms with Gasteiger partial charge in [-0.25, -0.2) is 13.4 Å². The van der Waals surface area contributed by atoms with Crippen LogP contribution in [0.3, 0.4) is 0 Å². The number of pyridine rings is 1. The second-order valence-electron chi connectivity index (χ2n) is 5.14. The van der Waals surface area contributed by atoms with Crippen molar-refractivity contribution in [2.24, 2.45) is 5.92 Å². The molecule has 0 saturated carbocycles. The Morgan fingerprint density at radius 3 is 3.05 bits per heavy atom. The van der Waals surface area contributed by atoms with Gasteiger partial charge in [0.05, 0.1) is 12.0 Å². The molecule has 1 aromatic heterocycles. The minimum Gasteiger partial charge on any atom is -0.354 e. The third-order valence-corrected chi connectivity index (χ3v) is 5.97. The van der Waals surface area contributed by atoms with Gasteiger partial charge in [-0.2, -0.15) is 9.57 Å². The molecule has 0 aromatic carbocycles. The van der Waals surface area contributed by atoms with E-state index in [4.69, 9.17) is 5.26 Å². The van der Waals surface area contributed by atoms with Crippen molar-refractivity contribution in [2.75, 3.05) is 13.1 Å². The minimum absolute atomic E-state index is 0.0903. The monoisotopic (exact) mass is 306 g/mol. The van der Waals surface area contributed by atoms with Crippen LogP contribution in [-0.4, -0.2) is 42.7 Å². The highest BCUT2D eigenvalue weighted by molar-refractivity contribution is 7.89. The molecule has 2 aliphatic heterocycles. The van der Waals surface area contributed by atoms with E-state index in [-0.39, 0.29) is 28.5 Å². The molecule has 3 heterocycles. The van der Waals surface area contributed by atoms with Crippen molar-refractivity contribution in [2.45, 2.75) is 23.8 Å². The SMILES string of the molecule is N#Cc1ncccc1S(=O)(=O)N1CCCC2C(=O)NCC21. The summed E-state index contributed by atoms with van der Waals surface area (Å²) in [5.41, 5.74) is -0.114. The van der Waals surface area contributed by atoms with Gasteiger partial charge in [0.1, 0.15) is 11.0 Å². The molecule has 0 radical (unpaired) electrons. The van der Waals surface area contributed by atoms with Crippen LogP contribution in [0.5, 0.6) is 0 Å². The molecule has 1 aromatic rings. The van der Waals surface area contributed by atoms with E-state index in [9.17, 15) is 13.2 Å². The number of fused-ring (bicyclic) bond motifs is 1. The highest BCUT2D eigenvalue weighted by atomic mass is 32.2. The number of nitriles is 1. The Morgan fingerprint density at radius 1 is 1.48 bits per heavy atom. The summed E-state index contributed by atoms with van der Waals surface area (Å²) < 4.78 is 27.0. The number of carbonyl (C=O) groups excluding carboxylic acids is 1. The average Bonchev–Trinajstić information content (AvgIpc) is 2.88. The number of nitrogens with zero attached hydrogens (tertiary/aromatic N) is 3. The van der Waals surface area contributed by atoms with Crippen molar-refractivity contribution in [1.29, 1.82) is 5.26 Å². The lowest BCUT2D eigenvalue weighted by Crippen LogP contribution is -2.48. The molecule has 8 heteroatoms. The molecule has 3 rings (SSSR count). The summed E-state index contributed by atoms with van der Waals surface area (Å²) in [6, 6.07) is 4.31. The molecule has 0 aliphatic carbocycles. The molecule has 1 N–H and O–H groups in total. The highest BCUT2D eigenvalue weighted by Gasteiger charge is 2.46. The Hall–Kier alpha value is -1.98. The van der Waals surface area contributed by atoms with Crippen LogP contribution in [0, 0.1) is 17.2 Å². The molecule has 2 unspecified atom stereocenters. The summed E-state index contributed by atoms with van der Waals surface area (Å²) in [6.45, 7) is 0.684. The molecular weight excluding hydrogens is 292 g/mol. The number of aromatic nitrogens is 1. The van der Waals surface area contributed by atoms with Crippen LogP contribution >= 0.6 is 0 Å². The highest BCUT2D eigenvalue weighted by Crippen LogP contribution is 2.32. The summed E-state index contributed by atoms with van der Waals surface area (Å²) in [5.74, 6) is -0.387. The number of hydrogen-bond donors (Lipinski definition) is 1. The van der Waals surface area contributed by atoms with Gasteiger partial charge in [-0.05, 0) is 25.0 Å². The normalized spacial score (nSPS) is 26.0. The number of piperidine rings is 1. The smallest absolute Gasteiger partial charge is 0.246 e. The zero-order chi connectivity index (χ0) is 15.0. The maximum atomic E-state index is 12.8. The van der Waals surface area contributed by atoms with Crippen LogP contribution in [-0.2, 0) is 14.8 Å². The van der Waals surface area contributed by atoms with Crippen LogP contribution in [0.4, 0.5) is 0 Å². The van der Waals surface area contributed by atoms with Gasteiger partial charge in [0.2, 0.25) is 15.9 Å². The number of hydrogen-bond acceptors (Lipinski definition) is 5. The van der Waals surface area contributed by atoms with E-state index in [0.29, 0.717) is 25.9 Å². The van der Waals surface area contributed by atoms with Gasteiger partial charge < -0.3 is 5.32 Å². The number of amides is 1. The Labute approximate surface area is 122 Å². The quantitative estimate of drug-likeness (QED) is 0.818. The van der Waals surface area contributed by atoms with E-state index in [1.165, 1.54) is 22.6 Å². The lowest BCUT2D eigenvalue weighted by molar-refractivity contribution is -0.123. The lowest BCUT2D eigenvalue weighted by Gasteiger charge is -2.34. The maximum Gasteiger partial charge on any atom is 0.246 e. The molecule has 21 heavy (non-hydrogen) atoms. The predicted octanol–water partition coefficient (Wildman–Crippen LogP) is -0.148. The van der Waals surface area contributed by atoms with E-state index in [1.54, 1.807) is 0 Å². The number of nitrogens with one attached hydrogen (secondary N) is 1. The molecular formula is C13H14N4O3S. The van der Waals surface area contributed by atoms with E-state index < -0.39 is 10.0 Å². The Morgan fingerprint density at radius 2 is 2.29 bits per heavy atom. The first kappa shape index (κ1) is 14.0. The van der Waals surface area contributed by atoms with Gasteiger partial charge in [-0.15, -0.1) is 0 Å². The minimum atomic E-state index is -3.83. The Bertz CT molecular complexity index is 725. The zero-order valence-corrected chi connectivity index (χ0v) is 12.0. The molecule has 1 amide bonds. The van der Waals surface area contributed by atoms with Gasteiger partial charge in [0.15, 0.2) is 5.69 Å². The van der Waals surface area contributed by atoms with Gasteiger partial charge in [-0.3, -0.25) is 4.79 Å². The fraction of sp³-hybridized carbons (Fsp3) is 0.462. The number of rotatable bonds is 2.